The molecular weight excluding hydrogens is 355 g/mol. The Morgan fingerprint density at radius 3 is 0.579 bits per heavy atom. The molecule has 0 atom stereocenters. The van der Waals surface area contributed by atoms with Gasteiger partial charge in [0, 0.05) is 0 Å². The van der Waals surface area contributed by atoms with E-state index >= 15 is 0 Å². The Bertz CT molecular complexity index is 296. The van der Waals surface area contributed by atoms with E-state index in [0.717, 1.165) is 0 Å². The molecule has 0 aliphatic rings. The van der Waals surface area contributed by atoms with Crippen molar-refractivity contribution >= 4 is 0 Å². The second-order valence-corrected chi connectivity index (χ2v) is 3.23. The van der Waals surface area contributed by atoms with Gasteiger partial charge in [0.05, 0.1) is 0 Å². The first-order chi connectivity index (χ1) is 9.00. The summed E-state index contributed by atoms with van der Waals surface area (Å²) in [6, 6.07) is 37.5. The van der Waals surface area contributed by atoms with E-state index in [0.29, 0.717) is 0 Å². The maximum Gasteiger partial charge on any atom is 3.00 e. The third-order valence-corrected chi connectivity index (χ3v) is 1.82. The summed E-state index contributed by atoms with van der Waals surface area (Å²) in [6.07, 6.45) is 0. The largest absolute Gasteiger partial charge is 3.00 e. The summed E-state index contributed by atoms with van der Waals surface area (Å²) in [7, 11) is 0. The van der Waals surface area contributed by atoms with Crippen molar-refractivity contribution in [3.05, 3.63) is 109 Å². The standard InChI is InChI=1S/3C6H5.La/c3*1-2-4-6-5-3-1;/h3*1-5H;/q3*-1;+3. The fraction of sp³-hybridized carbons (Fsp3) is 0. The minimum absolute atomic E-state index is 0. The maximum atomic E-state index is 2.89. The summed E-state index contributed by atoms with van der Waals surface area (Å²) < 4.78 is 0. The van der Waals surface area contributed by atoms with Crippen molar-refractivity contribution in [1.82, 2.24) is 0 Å². The molecule has 1 heteroatoms. The Balaban J connectivity index is 0.000000249. The summed E-state index contributed by atoms with van der Waals surface area (Å²) in [5.74, 6) is 0. The van der Waals surface area contributed by atoms with Crippen LogP contribution in [0.3, 0.4) is 0 Å². The second-order valence-electron chi connectivity index (χ2n) is 3.23. The molecule has 0 saturated heterocycles. The van der Waals surface area contributed by atoms with Crippen LogP contribution in [-0.2, 0) is 0 Å². The topological polar surface area (TPSA) is 0 Å². The molecule has 0 N–H and O–H groups in total. The number of rotatable bonds is 0. The molecule has 0 amide bonds. The van der Waals surface area contributed by atoms with Gasteiger partial charge in [0.2, 0.25) is 0 Å². The molecule has 0 saturated carbocycles. The molecule has 0 unspecified atom stereocenters. The van der Waals surface area contributed by atoms with E-state index in [-0.39, 0.29) is 35.6 Å². The first-order valence-corrected chi connectivity index (χ1v) is 5.73. The van der Waals surface area contributed by atoms with E-state index in [9.17, 15) is 0 Å². The van der Waals surface area contributed by atoms with Crippen molar-refractivity contribution in [3.8, 4) is 0 Å². The Labute approximate surface area is 144 Å². The van der Waals surface area contributed by atoms with Gasteiger partial charge in [-0.15, -0.1) is 0 Å². The van der Waals surface area contributed by atoms with Crippen molar-refractivity contribution < 1.29 is 35.6 Å². The summed E-state index contributed by atoms with van der Waals surface area (Å²) >= 11 is 0. The molecule has 3 rings (SSSR count). The molecule has 0 nitrogen and oxygen atoms in total. The minimum Gasteiger partial charge on any atom is -0.184 e. The summed E-state index contributed by atoms with van der Waals surface area (Å²) in [5.41, 5.74) is 0. The van der Waals surface area contributed by atoms with Crippen LogP contribution in [0, 0.1) is 53.8 Å². The van der Waals surface area contributed by atoms with E-state index in [1.807, 2.05) is 91.0 Å². The van der Waals surface area contributed by atoms with Crippen LogP contribution < -0.4 is 0 Å². The van der Waals surface area contributed by atoms with E-state index in [1.165, 1.54) is 0 Å². The maximum absolute atomic E-state index is 2.89. The first-order valence-electron chi connectivity index (χ1n) is 5.73. The zero-order chi connectivity index (χ0) is 12.7. The Morgan fingerprint density at radius 2 is 0.526 bits per heavy atom. The van der Waals surface area contributed by atoms with Gasteiger partial charge in [0.1, 0.15) is 0 Å². The molecular formula is C18H15La. The van der Waals surface area contributed by atoms with Crippen molar-refractivity contribution in [2.45, 2.75) is 0 Å². The van der Waals surface area contributed by atoms with Crippen LogP contribution in [-0.4, -0.2) is 0 Å². The van der Waals surface area contributed by atoms with Crippen LogP contribution in [0.2, 0.25) is 0 Å². The third-order valence-electron chi connectivity index (χ3n) is 1.82. The van der Waals surface area contributed by atoms with Gasteiger partial charge >= 0.3 is 35.6 Å². The number of benzene rings is 3. The zero-order valence-corrected chi connectivity index (χ0v) is 14.4. The van der Waals surface area contributed by atoms with Crippen molar-refractivity contribution in [1.29, 1.82) is 0 Å². The SMILES string of the molecule is [La+3].[c-]1ccccc1.[c-]1ccccc1.[c-]1ccccc1. The molecule has 0 spiro atoms. The predicted molar refractivity (Wildman–Crippen MR) is 75.8 cm³/mol. The molecule has 19 heavy (non-hydrogen) atoms. The second kappa shape index (κ2) is 14.9. The summed E-state index contributed by atoms with van der Waals surface area (Å²) in [5, 5.41) is 0. The van der Waals surface area contributed by atoms with Gasteiger partial charge in [-0.05, 0) is 0 Å². The fourth-order valence-electron chi connectivity index (χ4n) is 1.03. The van der Waals surface area contributed by atoms with Crippen LogP contribution in [0.1, 0.15) is 0 Å². The number of hydrogen-bond donors (Lipinski definition) is 0. The Morgan fingerprint density at radius 1 is 0.316 bits per heavy atom. The van der Waals surface area contributed by atoms with Gasteiger partial charge in [0.15, 0.2) is 0 Å². The average molecular weight is 370 g/mol. The Hall–Kier alpha value is -1.15. The molecule has 3 aromatic rings. The molecule has 0 aliphatic carbocycles. The molecule has 0 fully saturated rings. The summed E-state index contributed by atoms with van der Waals surface area (Å²) in [4.78, 5) is 0. The minimum atomic E-state index is 0. The van der Waals surface area contributed by atoms with Crippen LogP contribution in [0.25, 0.3) is 0 Å². The molecule has 0 aromatic heterocycles. The monoisotopic (exact) mass is 370 g/mol. The van der Waals surface area contributed by atoms with E-state index in [4.69, 9.17) is 0 Å². The van der Waals surface area contributed by atoms with E-state index < -0.39 is 0 Å². The Kier molecular flexibility index (Phi) is 14.0. The number of hydrogen-bond acceptors (Lipinski definition) is 0. The zero-order valence-electron chi connectivity index (χ0n) is 10.7. The van der Waals surface area contributed by atoms with E-state index in [2.05, 4.69) is 18.2 Å². The van der Waals surface area contributed by atoms with Crippen LogP contribution in [0.4, 0.5) is 0 Å². The van der Waals surface area contributed by atoms with Gasteiger partial charge in [-0.25, -0.2) is 0 Å². The third kappa shape index (κ3) is 13.1. The van der Waals surface area contributed by atoms with Crippen LogP contribution in [0.5, 0.6) is 0 Å². The van der Waals surface area contributed by atoms with Gasteiger partial charge in [-0.2, -0.15) is 109 Å². The first kappa shape index (κ1) is 17.9. The van der Waals surface area contributed by atoms with E-state index in [1.54, 1.807) is 0 Å². The van der Waals surface area contributed by atoms with Gasteiger partial charge in [-0.1, -0.05) is 0 Å². The quantitative estimate of drug-likeness (QED) is 0.513. The van der Waals surface area contributed by atoms with Crippen LogP contribution >= 0.6 is 0 Å². The fourth-order valence-corrected chi connectivity index (χ4v) is 1.03. The van der Waals surface area contributed by atoms with Crippen molar-refractivity contribution in [3.63, 3.8) is 0 Å². The van der Waals surface area contributed by atoms with Gasteiger partial charge in [-0.3, -0.25) is 0 Å². The molecule has 3 aromatic carbocycles. The van der Waals surface area contributed by atoms with Gasteiger partial charge < -0.3 is 0 Å². The smallest absolute Gasteiger partial charge is 0.184 e. The van der Waals surface area contributed by atoms with Crippen molar-refractivity contribution in [2.75, 3.05) is 0 Å². The summed E-state index contributed by atoms with van der Waals surface area (Å²) in [6.45, 7) is 0. The molecule has 0 radical (unpaired) electrons. The normalized spacial score (nSPS) is 7.58. The molecule has 0 heterocycles. The predicted octanol–water partition coefficient (Wildman–Crippen LogP) is 4.46. The molecule has 0 bridgehead atoms. The van der Waals surface area contributed by atoms with Gasteiger partial charge in [0.25, 0.3) is 0 Å². The van der Waals surface area contributed by atoms with Crippen LogP contribution in [0.15, 0.2) is 91.0 Å². The molecule has 90 valence electrons. The molecule has 0 aliphatic heterocycles. The van der Waals surface area contributed by atoms with Crippen molar-refractivity contribution in [2.24, 2.45) is 0 Å². The average Bonchev–Trinajstić information content (AvgIpc) is 2.54.